The highest BCUT2D eigenvalue weighted by molar-refractivity contribution is 7.91. The second-order valence-corrected chi connectivity index (χ2v) is 13.2. The Bertz CT molecular complexity index is 1610. The van der Waals surface area contributed by atoms with E-state index in [1.165, 1.54) is 6.26 Å². The summed E-state index contributed by atoms with van der Waals surface area (Å²) in [5.41, 5.74) is 5.89. The normalized spacial score (nSPS) is 13.2. The molecule has 34 heavy (non-hydrogen) atoms. The van der Waals surface area contributed by atoms with Crippen molar-refractivity contribution >= 4 is 30.6 Å². The lowest BCUT2D eigenvalue weighted by atomic mass is 9.95. The van der Waals surface area contributed by atoms with Crippen LogP contribution in [0.25, 0.3) is 33.2 Å². The largest absolute Gasteiger partial charge is 0.256 e. The summed E-state index contributed by atoms with van der Waals surface area (Å²) < 4.78 is 47.9. The van der Waals surface area contributed by atoms with Crippen LogP contribution in [0.2, 0.25) is 0 Å². The number of aryl methyl sites for hydroxylation is 1. The van der Waals surface area contributed by atoms with E-state index in [1.807, 2.05) is 54.6 Å². The molecular formula is C26H26N2O4S2. The number of fused-ring (bicyclic) bond motifs is 1. The fraction of sp³-hybridized carbons (Fsp3) is 0.231. The van der Waals surface area contributed by atoms with Gasteiger partial charge >= 0.3 is 0 Å². The van der Waals surface area contributed by atoms with Gasteiger partial charge in [0.1, 0.15) is 9.84 Å². The monoisotopic (exact) mass is 494 g/mol. The van der Waals surface area contributed by atoms with E-state index in [2.05, 4.69) is 9.97 Å². The molecule has 0 saturated carbocycles. The fourth-order valence-electron chi connectivity index (χ4n) is 4.05. The van der Waals surface area contributed by atoms with Crippen LogP contribution in [0, 0.1) is 6.92 Å². The van der Waals surface area contributed by atoms with Crippen LogP contribution in [-0.2, 0) is 26.1 Å². The van der Waals surface area contributed by atoms with Crippen molar-refractivity contribution in [3.63, 3.8) is 0 Å². The van der Waals surface area contributed by atoms with E-state index < -0.39 is 24.9 Å². The van der Waals surface area contributed by atoms with Gasteiger partial charge in [-0.3, -0.25) is 4.98 Å². The van der Waals surface area contributed by atoms with Gasteiger partial charge < -0.3 is 0 Å². The van der Waals surface area contributed by atoms with Crippen LogP contribution in [0.5, 0.6) is 0 Å². The van der Waals surface area contributed by atoms with Crippen molar-refractivity contribution < 1.29 is 16.8 Å². The molecule has 1 unspecified atom stereocenters. The standard InChI is InChI=1S/C26H26N2O4S2/c1-17-11-23(16-28-26(17)34(4,31)32)20-7-5-8-21(15-20)24-14-19(12-18(2)33(3,29)30)13-22-9-6-10-27-25(22)24/h5-11,13-16,18H,12H2,1-4H3. The molecule has 6 nitrogen and oxygen atoms in total. The average molecular weight is 495 g/mol. The van der Waals surface area contributed by atoms with Gasteiger partial charge in [-0.25, -0.2) is 21.8 Å². The lowest BCUT2D eigenvalue weighted by Crippen LogP contribution is -2.18. The first-order valence-electron chi connectivity index (χ1n) is 10.8. The molecule has 2 aromatic carbocycles. The van der Waals surface area contributed by atoms with Crippen molar-refractivity contribution in [2.75, 3.05) is 12.5 Å². The number of nitrogens with zero attached hydrogens (tertiary/aromatic N) is 2. The highest BCUT2D eigenvalue weighted by Gasteiger charge is 2.18. The molecule has 8 heteroatoms. The Morgan fingerprint density at radius 1 is 0.853 bits per heavy atom. The highest BCUT2D eigenvalue weighted by atomic mass is 32.2. The summed E-state index contributed by atoms with van der Waals surface area (Å²) in [6.07, 6.45) is 6.13. The predicted molar refractivity (Wildman–Crippen MR) is 136 cm³/mol. The van der Waals surface area contributed by atoms with Crippen LogP contribution in [-0.4, -0.2) is 44.6 Å². The van der Waals surface area contributed by atoms with Gasteiger partial charge in [0, 0.05) is 41.4 Å². The van der Waals surface area contributed by atoms with Gasteiger partial charge in [0.25, 0.3) is 0 Å². The topological polar surface area (TPSA) is 94.1 Å². The quantitative estimate of drug-likeness (QED) is 0.387. The van der Waals surface area contributed by atoms with Crippen LogP contribution in [0.15, 0.2) is 72.0 Å². The van der Waals surface area contributed by atoms with Gasteiger partial charge in [0.05, 0.1) is 10.8 Å². The van der Waals surface area contributed by atoms with E-state index in [9.17, 15) is 16.8 Å². The SMILES string of the molecule is Cc1cc(-c2cccc(-c3cc(CC(C)S(C)(=O)=O)cc4cccnc34)c2)cnc1S(C)(=O)=O. The summed E-state index contributed by atoms with van der Waals surface area (Å²) in [5.74, 6) is 0. The Morgan fingerprint density at radius 2 is 1.59 bits per heavy atom. The van der Waals surface area contributed by atoms with Crippen LogP contribution in [0.3, 0.4) is 0 Å². The predicted octanol–water partition coefficient (Wildman–Crippen LogP) is 4.65. The van der Waals surface area contributed by atoms with Gasteiger partial charge in [-0.2, -0.15) is 0 Å². The van der Waals surface area contributed by atoms with Crippen molar-refractivity contribution in [1.29, 1.82) is 0 Å². The summed E-state index contributed by atoms with van der Waals surface area (Å²) in [7, 11) is -6.55. The summed E-state index contributed by atoms with van der Waals surface area (Å²) in [6, 6.07) is 17.6. The minimum absolute atomic E-state index is 0.0790. The van der Waals surface area contributed by atoms with Crippen molar-refractivity contribution in [2.45, 2.75) is 30.5 Å². The van der Waals surface area contributed by atoms with Gasteiger partial charge in [-0.05, 0) is 72.9 Å². The minimum Gasteiger partial charge on any atom is -0.256 e. The van der Waals surface area contributed by atoms with Crippen LogP contribution in [0.4, 0.5) is 0 Å². The summed E-state index contributed by atoms with van der Waals surface area (Å²) in [5, 5.41) is 0.523. The Hall–Kier alpha value is -3.10. The number of sulfone groups is 2. The first-order chi connectivity index (χ1) is 15.9. The van der Waals surface area contributed by atoms with Crippen LogP contribution >= 0.6 is 0 Å². The van der Waals surface area contributed by atoms with E-state index in [0.717, 1.165) is 45.0 Å². The molecule has 0 aliphatic heterocycles. The fourth-order valence-corrected chi connectivity index (χ4v) is 5.43. The smallest absolute Gasteiger partial charge is 0.193 e. The Labute approximate surface area is 200 Å². The molecule has 4 rings (SSSR count). The number of hydrogen-bond acceptors (Lipinski definition) is 6. The van der Waals surface area contributed by atoms with Crippen molar-refractivity contribution in [2.24, 2.45) is 0 Å². The van der Waals surface area contributed by atoms with Gasteiger partial charge in [0.15, 0.2) is 14.9 Å². The van der Waals surface area contributed by atoms with Gasteiger partial charge in [0.2, 0.25) is 0 Å². The third kappa shape index (κ3) is 5.03. The van der Waals surface area contributed by atoms with Crippen molar-refractivity contribution in [3.05, 3.63) is 78.1 Å². The second kappa shape index (κ2) is 8.92. The first-order valence-corrected chi connectivity index (χ1v) is 14.6. The van der Waals surface area contributed by atoms with Crippen LogP contribution < -0.4 is 0 Å². The Kier molecular flexibility index (Phi) is 6.31. The van der Waals surface area contributed by atoms with Crippen LogP contribution in [0.1, 0.15) is 18.1 Å². The van der Waals surface area contributed by atoms with E-state index in [1.54, 1.807) is 26.2 Å². The summed E-state index contributed by atoms with van der Waals surface area (Å²) >= 11 is 0. The third-order valence-corrected chi connectivity index (χ3v) is 8.67. The molecule has 2 aromatic heterocycles. The lowest BCUT2D eigenvalue weighted by molar-refractivity contribution is 0.588. The Balaban J connectivity index is 1.83. The molecule has 0 aliphatic rings. The molecule has 0 bridgehead atoms. The van der Waals surface area contributed by atoms with E-state index in [-0.39, 0.29) is 5.03 Å². The molecule has 0 saturated heterocycles. The number of rotatable bonds is 6. The van der Waals surface area contributed by atoms with Crippen molar-refractivity contribution in [3.8, 4) is 22.3 Å². The molecule has 0 fully saturated rings. The van der Waals surface area contributed by atoms with E-state index >= 15 is 0 Å². The van der Waals surface area contributed by atoms with Gasteiger partial charge in [-0.1, -0.05) is 24.3 Å². The van der Waals surface area contributed by atoms with Crippen molar-refractivity contribution in [1.82, 2.24) is 9.97 Å². The van der Waals surface area contributed by atoms with Gasteiger partial charge in [-0.15, -0.1) is 0 Å². The highest BCUT2D eigenvalue weighted by Crippen LogP contribution is 2.33. The summed E-state index contributed by atoms with van der Waals surface area (Å²) in [4.78, 5) is 8.78. The first kappa shape index (κ1) is 24.0. The molecule has 0 aliphatic carbocycles. The molecule has 2 heterocycles. The lowest BCUT2D eigenvalue weighted by Gasteiger charge is -2.14. The number of benzene rings is 2. The zero-order valence-electron chi connectivity index (χ0n) is 19.5. The zero-order chi connectivity index (χ0) is 24.7. The molecule has 0 amide bonds. The average Bonchev–Trinajstić information content (AvgIpc) is 2.77. The molecular weight excluding hydrogens is 468 g/mol. The number of aromatic nitrogens is 2. The molecule has 0 radical (unpaired) electrons. The number of hydrogen-bond donors (Lipinski definition) is 0. The molecule has 176 valence electrons. The maximum absolute atomic E-state index is 12.0. The van der Waals surface area contributed by atoms with E-state index in [0.29, 0.717) is 12.0 Å². The third-order valence-electron chi connectivity index (χ3n) is 5.91. The molecule has 4 aromatic rings. The summed E-state index contributed by atoms with van der Waals surface area (Å²) in [6.45, 7) is 3.46. The minimum atomic E-state index is -3.40. The Morgan fingerprint density at radius 3 is 2.26 bits per heavy atom. The molecule has 1 atom stereocenters. The maximum Gasteiger partial charge on any atom is 0.193 e. The molecule has 0 spiro atoms. The van der Waals surface area contributed by atoms with E-state index in [4.69, 9.17) is 0 Å². The second-order valence-electron chi connectivity index (χ2n) is 8.76. The number of pyridine rings is 2. The maximum atomic E-state index is 12.0. The molecule has 0 N–H and O–H groups in total. The zero-order valence-corrected chi connectivity index (χ0v) is 21.1.